The van der Waals surface area contributed by atoms with Crippen LogP contribution in [0.15, 0.2) is 77.9 Å². The van der Waals surface area contributed by atoms with Gasteiger partial charge in [0.05, 0.1) is 18.3 Å². The smallest absolute Gasteiger partial charge is 0.355 e. The lowest BCUT2D eigenvalue weighted by atomic mass is 10.2. The Morgan fingerprint density at radius 2 is 1.76 bits per heavy atom. The van der Waals surface area contributed by atoms with Crippen molar-refractivity contribution in [2.75, 3.05) is 13.7 Å². The molecule has 0 atom stereocenters. The summed E-state index contributed by atoms with van der Waals surface area (Å²) in [6.45, 7) is -0.197. The second kappa shape index (κ2) is 10.8. The Morgan fingerprint density at radius 3 is 2.53 bits per heavy atom. The predicted octanol–water partition coefficient (Wildman–Crippen LogP) is 5.31. The molecule has 1 amide bonds. The molecule has 0 aliphatic rings. The second-order valence-corrected chi connectivity index (χ2v) is 8.39. The van der Waals surface area contributed by atoms with Crippen molar-refractivity contribution >= 4 is 51.1 Å². The van der Waals surface area contributed by atoms with E-state index < -0.39 is 11.9 Å². The zero-order valence-corrected chi connectivity index (χ0v) is 19.6. The van der Waals surface area contributed by atoms with Crippen LogP contribution in [0.4, 0.5) is 0 Å². The number of hydrogen-bond donors (Lipinski definition) is 1. The standard InChI is InChI=1S/C25H19ClN2O5S/c1-31-17-9-11-18(12-10-17)32-15-22(29)28-27-14-16-5-4-6-19(13-16)33-25(30)24-23(26)20-7-2-3-8-21(20)34-24/h2-14H,15H2,1H3,(H,28,29)/b27-14+. The van der Waals surface area contributed by atoms with Crippen molar-refractivity contribution in [1.82, 2.24) is 5.43 Å². The SMILES string of the molecule is COc1ccc(OCC(=O)N/N=C/c2cccc(OC(=O)c3sc4ccccc4c3Cl)c2)cc1. The van der Waals surface area contributed by atoms with Crippen molar-refractivity contribution in [3.63, 3.8) is 0 Å². The van der Waals surface area contributed by atoms with E-state index >= 15 is 0 Å². The molecule has 9 heteroatoms. The number of halogens is 1. The molecule has 0 spiro atoms. The molecule has 0 bridgehead atoms. The Balaban J connectivity index is 1.32. The molecule has 1 aromatic heterocycles. The molecule has 0 radical (unpaired) electrons. The Labute approximate surface area is 204 Å². The van der Waals surface area contributed by atoms with Crippen LogP contribution in [0.3, 0.4) is 0 Å². The van der Waals surface area contributed by atoms with Gasteiger partial charge in [-0.25, -0.2) is 10.2 Å². The third kappa shape index (κ3) is 5.72. The zero-order valence-electron chi connectivity index (χ0n) is 18.0. The number of thiophene rings is 1. The summed E-state index contributed by atoms with van der Waals surface area (Å²) in [5, 5.41) is 5.11. The van der Waals surface area contributed by atoms with Crippen molar-refractivity contribution in [2.45, 2.75) is 0 Å². The fraction of sp³-hybridized carbons (Fsp3) is 0.0800. The number of nitrogens with zero attached hydrogens (tertiary/aromatic N) is 1. The first-order valence-corrected chi connectivity index (χ1v) is 11.3. The third-order valence-electron chi connectivity index (χ3n) is 4.62. The first-order valence-electron chi connectivity index (χ1n) is 10.1. The van der Waals surface area contributed by atoms with Gasteiger partial charge in [0.1, 0.15) is 22.1 Å². The van der Waals surface area contributed by atoms with Gasteiger partial charge in [0, 0.05) is 10.1 Å². The van der Waals surface area contributed by atoms with Crippen molar-refractivity contribution in [2.24, 2.45) is 5.10 Å². The Hall–Kier alpha value is -3.88. The van der Waals surface area contributed by atoms with E-state index in [-0.39, 0.29) is 6.61 Å². The summed E-state index contributed by atoms with van der Waals surface area (Å²) in [6, 6.07) is 21.1. The van der Waals surface area contributed by atoms with Crippen LogP contribution in [0.1, 0.15) is 15.2 Å². The molecule has 1 N–H and O–H groups in total. The number of amides is 1. The molecule has 4 aromatic rings. The fourth-order valence-electron chi connectivity index (χ4n) is 2.99. The molecule has 0 fully saturated rings. The van der Waals surface area contributed by atoms with Crippen LogP contribution in [0, 0.1) is 0 Å². The first kappa shape index (κ1) is 23.3. The van der Waals surface area contributed by atoms with Gasteiger partial charge in [0.25, 0.3) is 5.91 Å². The van der Waals surface area contributed by atoms with E-state index in [1.165, 1.54) is 17.6 Å². The molecule has 3 aromatic carbocycles. The Bertz CT molecular complexity index is 1350. The van der Waals surface area contributed by atoms with Gasteiger partial charge < -0.3 is 14.2 Å². The number of methoxy groups -OCH3 is 1. The number of fused-ring (bicyclic) bond motifs is 1. The quantitative estimate of drug-likeness (QED) is 0.155. The summed E-state index contributed by atoms with van der Waals surface area (Å²) in [5.74, 6) is 0.601. The highest BCUT2D eigenvalue weighted by atomic mass is 35.5. The molecule has 1 heterocycles. The monoisotopic (exact) mass is 494 g/mol. The molecular weight excluding hydrogens is 476 g/mol. The number of carbonyl (C=O) groups is 2. The van der Waals surface area contributed by atoms with E-state index in [1.54, 1.807) is 55.6 Å². The Morgan fingerprint density at radius 1 is 1.00 bits per heavy atom. The summed E-state index contributed by atoms with van der Waals surface area (Å²) in [7, 11) is 1.57. The third-order valence-corrected chi connectivity index (χ3v) is 6.28. The molecular formula is C25H19ClN2O5S. The molecule has 0 aliphatic carbocycles. The highest BCUT2D eigenvalue weighted by Crippen LogP contribution is 2.35. The van der Waals surface area contributed by atoms with E-state index in [2.05, 4.69) is 10.5 Å². The largest absolute Gasteiger partial charge is 0.497 e. The van der Waals surface area contributed by atoms with Gasteiger partial charge in [0.15, 0.2) is 6.61 Å². The Kier molecular flexibility index (Phi) is 7.41. The maximum Gasteiger partial charge on any atom is 0.355 e. The highest BCUT2D eigenvalue weighted by Gasteiger charge is 2.19. The van der Waals surface area contributed by atoms with Gasteiger partial charge in [-0.3, -0.25) is 4.79 Å². The minimum Gasteiger partial charge on any atom is -0.497 e. The average Bonchev–Trinajstić information content (AvgIpc) is 3.20. The molecule has 172 valence electrons. The minimum absolute atomic E-state index is 0.197. The van der Waals surface area contributed by atoms with Crippen LogP contribution in [0.5, 0.6) is 17.2 Å². The summed E-state index contributed by atoms with van der Waals surface area (Å²) in [6.07, 6.45) is 1.44. The summed E-state index contributed by atoms with van der Waals surface area (Å²) >= 11 is 7.64. The van der Waals surface area contributed by atoms with E-state index in [0.29, 0.717) is 32.7 Å². The molecule has 7 nitrogen and oxygen atoms in total. The number of benzene rings is 3. The van der Waals surface area contributed by atoms with Gasteiger partial charge in [-0.05, 0) is 48.0 Å². The van der Waals surface area contributed by atoms with E-state index in [1.807, 2.05) is 24.3 Å². The normalized spacial score (nSPS) is 10.9. The maximum absolute atomic E-state index is 12.6. The lowest BCUT2D eigenvalue weighted by Gasteiger charge is -2.06. The van der Waals surface area contributed by atoms with Crippen molar-refractivity contribution in [1.29, 1.82) is 0 Å². The fourth-order valence-corrected chi connectivity index (χ4v) is 4.37. The van der Waals surface area contributed by atoms with Crippen molar-refractivity contribution in [3.8, 4) is 17.2 Å². The number of carbonyl (C=O) groups excluding carboxylic acids is 2. The lowest BCUT2D eigenvalue weighted by Crippen LogP contribution is -2.24. The first-order chi connectivity index (χ1) is 16.5. The number of hydrazone groups is 1. The van der Waals surface area contributed by atoms with E-state index in [4.69, 9.17) is 25.8 Å². The van der Waals surface area contributed by atoms with Crippen LogP contribution in [0.25, 0.3) is 10.1 Å². The van der Waals surface area contributed by atoms with Gasteiger partial charge >= 0.3 is 5.97 Å². The lowest BCUT2D eigenvalue weighted by molar-refractivity contribution is -0.123. The molecule has 0 saturated heterocycles. The molecule has 0 saturated carbocycles. The number of hydrogen-bond acceptors (Lipinski definition) is 7. The van der Waals surface area contributed by atoms with Gasteiger partial charge in [-0.1, -0.05) is 41.9 Å². The summed E-state index contributed by atoms with van der Waals surface area (Å²) in [4.78, 5) is 24.9. The number of nitrogens with one attached hydrogen (secondary N) is 1. The van der Waals surface area contributed by atoms with Gasteiger partial charge in [-0.2, -0.15) is 5.10 Å². The highest BCUT2D eigenvalue weighted by molar-refractivity contribution is 7.21. The second-order valence-electron chi connectivity index (χ2n) is 6.96. The van der Waals surface area contributed by atoms with E-state index in [0.717, 1.165) is 10.1 Å². The number of esters is 1. The molecule has 4 rings (SSSR count). The average molecular weight is 495 g/mol. The molecule has 0 unspecified atom stereocenters. The van der Waals surface area contributed by atoms with Gasteiger partial charge in [-0.15, -0.1) is 11.3 Å². The van der Waals surface area contributed by atoms with Crippen LogP contribution < -0.4 is 19.6 Å². The summed E-state index contributed by atoms with van der Waals surface area (Å²) < 4.78 is 16.9. The summed E-state index contributed by atoms with van der Waals surface area (Å²) in [5.41, 5.74) is 3.02. The van der Waals surface area contributed by atoms with Crippen molar-refractivity contribution in [3.05, 3.63) is 88.3 Å². The van der Waals surface area contributed by atoms with Crippen LogP contribution >= 0.6 is 22.9 Å². The number of ether oxygens (including phenoxy) is 3. The minimum atomic E-state index is -0.538. The van der Waals surface area contributed by atoms with Gasteiger partial charge in [0.2, 0.25) is 0 Å². The maximum atomic E-state index is 12.6. The molecule has 0 aliphatic heterocycles. The topological polar surface area (TPSA) is 86.2 Å². The van der Waals surface area contributed by atoms with Crippen LogP contribution in [-0.4, -0.2) is 31.8 Å². The molecule has 34 heavy (non-hydrogen) atoms. The zero-order chi connectivity index (χ0) is 23.9. The predicted molar refractivity (Wildman–Crippen MR) is 132 cm³/mol. The number of rotatable bonds is 8. The van der Waals surface area contributed by atoms with Crippen LogP contribution in [0.2, 0.25) is 5.02 Å². The van der Waals surface area contributed by atoms with Crippen LogP contribution in [-0.2, 0) is 4.79 Å². The van der Waals surface area contributed by atoms with Crippen molar-refractivity contribution < 1.29 is 23.8 Å². The van der Waals surface area contributed by atoms with E-state index in [9.17, 15) is 9.59 Å².